The molecule has 1 aromatic heterocycles. The Labute approximate surface area is 92.3 Å². The third-order valence-electron chi connectivity index (χ3n) is 1.98. The SMILES string of the molecule is CNC(=O)CN(C)C(=O)c1ccnc(F)c1. The molecule has 6 heteroatoms. The van der Waals surface area contributed by atoms with E-state index in [0.717, 1.165) is 6.07 Å². The number of carbonyl (C=O) groups excluding carboxylic acids is 2. The zero-order valence-corrected chi connectivity index (χ0v) is 9.03. The average Bonchev–Trinajstić information content (AvgIpc) is 2.27. The zero-order valence-electron chi connectivity index (χ0n) is 9.03. The van der Waals surface area contributed by atoms with Gasteiger partial charge in [0.15, 0.2) is 0 Å². The monoisotopic (exact) mass is 225 g/mol. The van der Waals surface area contributed by atoms with E-state index in [1.54, 1.807) is 0 Å². The van der Waals surface area contributed by atoms with E-state index in [0.29, 0.717) is 0 Å². The average molecular weight is 225 g/mol. The van der Waals surface area contributed by atoms with Crippen molar-refractivity contribution in [2.75, 3.05) is 20.6 Å². The fraction of sp³-hybridized carbons (Fsp3) is 0.300. The molecule has 0 saturated heterocycles. The summed E-state index contributed by atoms with van der Waals surface area (Å²) in [6.45, 7) is -0.0702. The van der Waals surface area contributed by atoms with Gasteiger partial charge in [0.05, 0.1) is 6.54 Å². The molecule has 0 spiro atoms. The normalized spacial score (nSPS) is 9.69. The number of likely N-dealkylation sites (N-methyl/N-ethyl adjacent to an activating group) is 2. The third-order valence-corrected chi connectivity index (χ3v) is 1.98. The highest BCUT2D eigenvalue weighted by atomic mass is 19.1. The van der Waals surface area contributed by atoms with Crippen molar-refractivity contribution >= 4 is 11.8 Å². The van der Waals surface area contributed by atoms with Gasteiger partial charge in [-0.05, 0) is 6.07 Å². The quantitative estimate of drug-likeness (QED) is 0.739. The third kappa shape index (κ3) is 3.01. The molecule has 0 unspecified atom stereocenters. The Morgan fingerprint density at radius 2 is 2.25 bits per heavy atom. The van der Waals surface area contributed by atoms with Crippen molar-refractivity contribution < 1.29 is 14.0 Å². The number of amides is 2. The molecule has 0 aromatic carbocycles. The summed E-state index contributed by atoms with van der Waals surface area (Å²) in [5.74, 6) is -1.44. The lowest BCUT2D eigenvalue weighted by Gasteiger charge is -2.15. The Balaban J connectivity index is 2.74. The Bertz CT molecular complexity index is 409. The van der Waals surface area contributed by atoms with Crippen LogP contribution in [0.2, 0.25) is 0 Å². The van der Waals surface area contributed by atoms with Gasteiger partial charge in [-0.15, -0.1) is 0 Å². The van der Waals surface area contributed by atoms with Crippen LogP contribution in [0, 0.1) is 5.95 Å². The van der Waals surface area contributed by atoms with Crippen LogP contribution < -0.4 is 5.32 Å². The molecule has 0 aliphatic heterocycles. The predicted octanol–water partition coefficient (Wildman–Crippen LogP) is 0.0387. The second-order valence-electron chi connectivity index (χ2n) is 3.20. The van der Waals surface area contributed by atoms with Crippen LogP contribution in [0.5, 0.6) is 0 Å². The molecule has 0 atom stereocenters. The lowest BCUT2D eigenvalue weighted by Crippen LogP contribution is -2.36. The van der Waals surface area contributed by atoms with Gasteiger partial charge in [0.2, 0.25) is 11.9 Å². The molecular formula is C10H12FN3O2. The molecule has 1 rings (SSSR count). The van der Waals surface area contributed by atoms with E-state index >= 15 is 0 Å². The first-order valence-corrected chi connectivity index (χ1v) is 4.62. The van der Waals surface area contributed by atoms with Gasteiger partial charge in [-0.25, -0.2) is 4.98 Å². The van der Waals surface area contributed by atoms with Crippen LogP contribution in [-0.4, -0.2) is 42.3 Å². The van der Waals surface area contributed by atoms with Crippen molar-refractivity contribution in [3.8, 4) is 0 Å². The Morgan fingerprint density at radius 3 is 2.81 bits per heavy atom. The summed E-state index contributed by atoms with van der Waals surface area (Å²) >= 11 is 0. The van der Waals surface area contributed by atoms with E-state index in [4.69, 9.17) is 0 Å². The smallest absolute Gasteiger partial charge is 0.254 e. The molecule has 0 aliphatic rings. The first-order valence-electron chi connectivity index (χ1n) is 4.62. The molecule has 0 bridgehead atoms. The van der Waals surface area contributed by atoms with Gasteiger partial charge < -0.3 is 10.2 Å². The van der Waals surface area contributed by atoms with Crippen molar-refractivity contribution in [1.29, 1.82) is 0 Å². The topological polar surface area (TPSA) is 62.3 Å². The van der Waals surface area contributed by atoms with Crippen LogP contribution in [0.25, 0.3) is 0 Å². The second kappa shape index (κ2) is 5.20. The summed E-state index contributed by atoms with van der Waals surface area (Å²) in [5.41, 5.74) is 0.166. The first kappa shape index (κ1) is 12.1. The fourth-order valence-electron chi connectivity index (χ4n) is 1.12. The van der Waals surface area contributed by atoms with Gasteiger partial charge in [-0.3, -0.25) is 9.59 Å². The molecule has 2 amide bonds. The van der Waals surface area contributed by atoms with Gasteiger partial charge in [-0.2, -0.15) is 4.39 Å². The Morgan fingerprint density at radius 1 is 1.56 bits per heavy atom. The maximum absolute atomic E-state index is 12.8. The molecule has 1 heterocycles. The van der Waals surface area contributed by atoms with Crippen LogP contribution in [0.4, 0.5) is 4.39 Å². The summed E-state index contributed by atoms with van der Waals surface area (Å²) in [5, 5.41) is 2.39. The lowest BCUT2D eigenvalue weighted by molar-refractivity contribution is -0.121. The van der Waals surface area contributed by atoms with Gasteiger partial charge in [-0.1, -0.05) is 0 Å². The van der Waals surface area contributed by atoms with Crippen LogP contribution in [-0.2, 0) is 4.79 Å². The van der Waals surface area contributed by atoms with Gasteiger partial charge in [0, 0.05) is 31.9 Å². The number of aromatic nitrogens is 1. The number of nitrogens with one attached hydrogen (secondary N) is 1. The number of hydrogen-bond donors (Lipinski definition) is 1. The molecule has 0 fully saturated rings. The highest BCUT2D eigenvalue weighted by molar-refractivity contribution is 5.96. The van der Waals surface area contributed by atoms with Crippen molar-refractivity contribution in [3.63, 3.8) is 0 Å². The minimum absolute atomic E-state index is 0.0702. The summed E-state index contributed by atoms with van der Waals surface area (Å²) in [4.78, 5) is 27.3. The highest BCUT2D eigenvalue weighted by Gasteiger charge is 2.14. The van der Waals surface area contributed by atoms with Crippen LogP contribution in [0.1, 0.15) is 10.4 Å². The second-order valence-corrected chi connectivity index (χ2v) is 3.20. The summed E-state index contributed by atoms with van der Waals surface area (Å²) in [6.07, 6.45) is 1.20. The highest BCUT2D eigenvalue weighted by Crippen LogP contribution is 2.03. The van der Waals surface area contributed by atoms with E-state index in [1.807, 2.05) is 0 Å². The largest absolute Gasteiger partial charge is 0.358 e. The molecule has 0 radical (unpaired) electrons. The standard InChI is InChI=1S/C10H12FN3O2/c1-12-9(15)6-14(2)10(16)7-3-4-13-8(11)5-7/h3-5H,6H2,1-2H3,(H,12,15). The Hall–Kier alpha value is -1.98. The summed E-state index contributed by atoms with van der Waals surface area (Å²) in [6, 6.07) is 2.43. The molecule has 86 valence electrons. The molecule has 1 N–H and O–H groups in total. The van der Waals surface area contributed by atoms with Crippen molar-refractivity contribution in [2.24, 2.45) is 0 Å². The minimum Gasteiger partial charge on any atom is -0.358 e. The van der Waals surface area contributed by atoms with Gasteiger partial charge in [0.1, 0.15) is 0 Å². The van der Waals surface area contributed by atoms with Crippen molar-refractivity contribution in [2.45, 2.75) is 0 Å². The number of carbonyl (C=O) groups is 2. The number of hydrogen-bond acceptors (Lipinski definition) is 3. The summed E-state index contributed by atoms with van der Waals surface area (Å²) in [7, 11) is 2.95. The zero-order chi connectivity index (χ0) is 12.1. The van der Waals surface area contributed by atoms with Crippen molar-refractivity contribution in [3.05, 3.63) is 29.8 Å². The summed E-state index contributed by atoms with van der Waals surface area (Å²) < 4.78 is 12.8. The molecule has 0 saturated carbocycles. The minimum atomic E-state index is -0.723. The van der Waals surface area contributed by atoms with Crippen LogP contribution >= 0.6 is 0 Å². The maximum Gasteiger partial charge on any atom is 0.254 e. The Kier molecular flexibility index (Phi) is 3.93. The number of halogens is 1. The van der Waals surface area contributed by atoms with Gasteiger partial charge >= 0.3 is 0 Å². The number of nitrogens with zero attached hydrogens (tertiary/aromatic N) is 2. The molecular weight excluding hydrogens is 213 g/mol. The van der Waals surface area contributed by atoms with Crippen molar-refractivity contribution in [1.82, 2.24) is 15.2 Å². The van der Waals surface area contributed by atoms with Crippen LogP contribution in [0.15, 0.2) is 18.3 Å². The van der Waals surface area contributed by atoms with Gasteiger partial charge in [0.25, 0.3) is 5.91 Å². The van der Waals surface area contributed by atoms with E-state index < -0.39 is 11.9 Å². The van der Waals surface area contributed by atoms with E-state index in [1.165, 1.54) is 31.3 Å². The molecule has 0 aliphatic carbocycles. The molecule has 5 nitrogen and oxygen atoms in total. The van der Waals surface area contributed by atoms with E-state index in [2.05, 4.69) is 10.3 Å². The maximum atomic E-state index is 12.8. The van der Waals surface area contributed by atoms with E-state index in [-0.39, 0.29) is 18.0 Å². The lowest BCUT2D eigenvalue weighted by atomic mass is 10.2. The number of pyridine rings is 1. The number of rotatable bonds is 3. The fourth-order valence-corrected chi connectivity index (χ4v) is 1.12. The first-order chi connectivity index (χ1) is 7.54. The van der Waals surface area contributed by atoms with E-state index in [9.17, 15) is 14.0 Å². The predicted molar refractivity (Wildman–Crippen MR) is 55.2 cm³/mol. The van der Waals surface area contributed by atoms with Crippen LogP contribution in [0.3, 0.4) is 0 Å². The molecule has 1 aromatic rings. The molecule has 16 heavy (non-hydrogen) atoms.